The molecule has 44 heavy (non-hydrogen) atoms. The molecule has 0 spiro atoms. The van der Waals surface area contributed by atoms with E-state index in [-0.39, 0.29) is 32.7 Å². The number of ether oxygens (including phenoxy) is 10. The SMILES string of the molecule is O=C(CCOCCOCCOCCOCCOCCOCCOCCOC1CCCCO1)Oc1c(F)c(F)c(F)c(F)c1F. The van der Waals surface area contributed by atoms with Crippen LogP contribution in [-0.4, -0.2) is 118 Å². The van der Waals surface area contributed by atoms with Crippen LogP contribution in [0.15, 0.2) is 0 Å². The molecule has 0 aliphatic carbocycles. The fourth-order valence-electron chi connectivity index (χ4n) is 3.50. The van der Waals surface area contributed by atoms with Gasteiger partial charge >= 0.3 is 5.97 Å². The minimum Gasteiger partial charge on any atom is -0.420 e. The monoisotopic (exact) mass is 648 g/mol. The number of rotatable bonds is 26. The van der Waals surface area contributed by atoms with Crippen LogP contribution in [0, 0.1) is 29.1 Å². The zero-order chi connectivity index (χ0) is 31.8. The van der Waals surface area contributed by atoms with Crippen molar-refractivity contribution in [3.05, 3.63) is 29.1 Å². The van der Waals surface area contributed by atoms with Crippen molar-refractivity contribution in [3.63, 3.8) is 0 Å². The van der Waals surface area contributed by atoms with Crippen molar-refractivity contribution in [1.29, 1.82) is 0 Å². The van der Waals surface area contributed by atoms with E-state index in [1.165, 1.54) is 0 Å². The van der Waals surface area contributed by atoms with Crippen LogP contribution in [0.1, 0.15) is 25.7 Å². The molecule has 1 heterocycles. The molecule has 0 saturated carbocycles. The number of benzene rings is 1. The topological polar surface area (TPSA) is 109 Å². The van der Waals surface area contributed by atoms with Gasteiger partial charge in [-0.2, -0.15) is 8.78 Å². The van der Waals surface area contributed by atoms with E-state index in [4.69, 9.17) is 42.6 Å². The minimum absolute atomic E-state index is 0.0870. The van der Waals surface area contributed by atoms with Crippen LogP contribution in [-0.2, 0) is 47.4 Å². The number of hydrogen-bond donors (Lipinski definition) is 0. The van der Waals surface area contributed by atoms with Gasteiger partial charge in [0.15, 0.2) is 6.29 Å². The maximum absolute atomic E-state index is 13.5. The third-order valence-corrected chi connectivity index (χ3v) is 5.74. The van der Waals surface area contributed by atoms with Crippen LogP contribution in [0.2, 0.25) is 0 Å². The summed E-state index contributed by atoms with van der Waals surface area (Å²) < 4.78 is 119. The van der Waals surface area contributed by atoms with Crippen molar-refractivity contribution in [2.24, 2.45) is 0 Å². The largest absolute Gasteiger partial charge is 0.420 e. The Kier molecular flexibility index (Phi) is 21.0. The summed E-state index contributed by atoms with van der Waals surface area (Å²) in [5.41, 5.74) is 0. The Morgan fingerprint density at radius 1 is 0.545 bits per heavy atom. The van der Waals surface area contributed by atoms with E-state index in [0.717, 1.165) is 25.9 Å². The molecule has 1 atom stereocenters. The lowest BCUT2D eigenvalue weighted by Crippen LogP contribution is -2.24. The normalized spacial score (nSPS) is 15.2. The number of hydrogen-bond acceptors (Lipinski definition) is 11. The van der Waals surface area contributed by atoms with Gasteiger partial charge in [0.05, 0.1) is 106 Å². The first-order valence-corrected chi connectivity index (χ1v) is 14.4. The molecule has 0 aromatic heterocycles. The minimum atomic E-state index is -2.35. The highest BCUT2D eigenvalue weighted by Crippen LogP contribution is 2.29. The predicted octanol–water partition coefficient (Wildman–Crippen LogP) is 3.34. The van der Waals surface area contributed by atoms with Crippen molar-refractivity contribution in [1.82, 2.24) is 0 Å². The van der Waals surface area contributed by atoms with Crippen LogP contribution in [0.4, 0.5) is 22.0 Å². The lowest BCUT2D eigenvalue weighted by Gasteiger charge is -2.22. The van der Waals surface area contributed by atoms with Crippen LogP contribution >= 0.6 is 0 Å². The number of halogens is 5. The quantitative estimate of drug-likeness (QED) is 0.0369. The number of carbonyl (C=O) groups excluding carboxylic acids is 1. The molecule has 1 saturated heterocycles. The Bertz CT molecular complexity index is 893. The molecule has 16 heteroatoms. The van der Waals surface area contributed by atoms with E-state index in [1.807, 2.05) is 0 Å². The first-order valence-electron chi connectivity index (χ1n) is 14.4. The third-order valence-electron chi connectivity index (χ3n) is 5.74. The van der Waals surface area contributed by atoms with Crippen LogP contribution < -0.4 is 4.74 Å². The van der Waals surface area contributed by atoms with Crippen LogP contribution in [0.3, 0.4) is 0 Å². The van der Waals surface area contributed by atoms with Gasteiger partial charge < -0.3 is 47.4 Å². The average molecular weight is 649 g/mol. The highest BCUT2D eigenvalue weighted by molar-refractivity contribution is 5.72. The van der Waals surface area contributed by atoms with Gasteiger partial charge in [0, 0.05) is 6.61 Å². The van der Waals surface area contributed by atoms with Crippen molar-refractivity contribution < 1.29 is 74.1 Å². The molecule has 0 amide bonds. The Balaban J connectivity index is 1.26. The summed E-state index contributed by atoms with van der Waals surface area (Å²) in [7, 11) is 0. The standard InChI is InChI=1S/C28H41F5O11/c29-23-24(30)26(32)28(27(33)25(23)31)44-21(34)4-6-35-7-8-36-9-10-37-11-12-38-13-14-39-15-16-40-17-18-41-19-20-43-22-3-1-2-5-42-22/h22H,1-20H2. The zero-order valence-electron chi connectivity index (χ0n) is 24.6. The van der Waals surface area contributed by atoms with Crippen LogP contribution in [0.25, 0.3) is 0 Å². The summed E-state index contributed by atoms with van der Waals surface area (Å²) in [4.78, 5) is 11.6. The third kappa shape index (κ3) is 16.3. The van der Waals surface area contributed by atoms with E-state index in [2.05, 4.69) is 4.74 Å². The van der Waals surface area contributed by atoms with Crippen molar-refractivity contribution >= 4 is 5.97 Å². The zero-order valence-corrected chi connectivity index (χ0v) is 24.6. The Morgan fingerprint density at radius 3 is 1.34 bits per heavy atom. The number of esters is 1. The van der Waals surface area contributed by atoms with Gasteiger partial charge in [-0.25, -0.2) is 13.2 Å². The molecular formula is C28H41F5O11. The molecule has 1 unspecified atom stereocenters. The first-order chi connectivity index (χ1) is 21.4. The van der Waals surface area contributed by atoms with Crippen molar-refractivity contribution in [3.8, 4) is 5.75 Å². The molecule has 1 aliphatic heterocycles. The maximum atomic E-state index is 13.5. The summed E-state index contributed by atoms with van der Waals surface area (Å²) in [6, 6.07) is 0. The van der Waals surface area contributed by atoms with E-state index in [0.29, 0.717) is 72.7 Å². The second-order valence-corrected chi connectivity index (χ2v) is 9.08. The van der Waals surface area contributed by atoms with Crippen LogP contribution in [0.5, 0.6) is 5.75 Å². The second-order valence-electron chi connectivity index (χ2n) is 9.08. The molecule has 1 aromatic rings. The summed E-state index contributed by atoms with van der Waals surface area (Å²) >= 11 is 0. The van der Waals surface area contributed by atoms with Gasteiger partial charge in [-0.3, -0.25) is 4.79 Å². The van der Waals surface area contributed by atoms with Gasteiger partial charge in [0.2, 0.25) is 34.8 Å². The first kappa shape index (κ1) is 38.2. The molecule has 11 nitrogen and oxygen atoms in total. The molecule has 0 bridgehead atoms. The molecule has 0 radical (unpaired) electrons. The maximum Gasteiger partial charge on any atom is 0.313 e. The van der Waals surface area contributed by atoms with Gasteiger partial charge in [-0.1, -0.05) is 0 Å². The van der Waals surface area contributed by atoms with Gasteiger partial charge in [-0.15, -0.1) is 0 Å². The molecule has 254 valence electrons. The van der Waals surface area contributed by atoms with E-state index < -0.39 is 47.2 Å². The Morgan fingerprint density at radius 2 is 0.932 bits per heavy atom. The summed E-state index contributed by atoms with van der Waals surface area (Å²) in [5.74, 6) is -14.1. The molecule has 1 fully saturated rings. The summed E-state index contributed by atoms with van der Waals surface area (Å²) in [5, 5.41) is 0. The van der Waals surface area contributed by atoms with Gasteiger partial charge in [-0.05, 0) is 19.3 Å². The molecule has 1 aromatic carbocycles. The summed E-state index contributed by atoms with van der Waals surface area (Å²) in [6.07, 6.45) is 2.58. The molecule has 2 rings (SSSR count). The number of carbonyl (C=O) groups is 1. The van der Waals surface area contributed by atoms with Crippen molar-refractivity contribution in [2.75, 3.05) is 106 Å². The van der Waals surface area contributed by atoms with E-state index in [9.17, 15) is 26.7 Å². The molecular weight excluding hydrogens is 607 g/mol. The van der Waals surface area contributed by atoms with Gasteiger partial charge in [0.25, 0.3) is 0 Å². The second kappa shape index (κ2) is 24.2. The Labute approximate surface area is 253 Å². The van der Waals surface area contributed by atoms with Crippen molar-refractivity contribution in [2.45, 2.75) is 32.0 Å². The summed E-state index contributed by atoms with van der Waals surface area (Å²) in [6.45, 7) is 5.88. The molecule has 0 N–H and O–H groups in total. The van der Waals surface area contributed by atoms with E-state index >= 15 is 0 Å². The fraction of sp³-hybridized carbons (Fsp3) is 0.750. The fourth-order valence-corrected chi connectivity index (χ4v) is 3.50. The molecule has 1 aliphatic rings. The van der Waals surface area contributed by atoms with E-state index in [1.54, 1.807) is 0 Å². The average Bonchev–Trinajstić information content (AvgIpc) is 3.03. The predicted molar refractivity (Wildman–Crippen MR) is 142 cm³/mol. The van der Waals surface area contributed by atoms with Gasteiger partial charge in [0.1, 0.15) is 0 Å². The smallest absolute Gasteiger partial charge is 0.313 e. The lowest BCUT2D eigenvalue weighted by molar-refractivity contribution is -0.169. The lowest BCUT2D eigenvalue weighted by atomic mass is 10.2. The Hall–Kier alpha value is -2.02. The highest BCUT2D eigenvalue weighted by Gasteiger charge is 2.28. The highest BCUT2D eigenvalue weighted by atomic mass is 19.2.